The summed E-state index contributed by atoms with van der Waals surface area (Å²) in [5, 5.41) is 3.22. The number of hydrogen-bond donors (Lipinski definition) is 2. The highest BCUT2D eigenvalue weighted by molar-refractivity contribution is 5.44. The van der Waals surface area contributed by atoms with Gasteiger partial charge in [-0.05, 0) is 13.5 Å². The highest BCUT2D eigenvalue weighted by atomic mass is 19.1. The van der Waals surface area contributed by atoms with E-state index >= 15 is 0 Å². The van der Waals surface area contributed by atoms with Gasteiger partial charge in [0, 0.05) is 25.2 Å². The minimum atomic E-state index is -0.608. The molecular formula is C10H16FN5. The van der Waals surface area contributed by atoms with Gasteiger partial charge in [0.1, 0.15) is 12.5 Å². The first-order valence-electron chi connectivity index (χ1n) is 5.34. The van der Waals surface area contributed by atoms with Crippen LogP contribution in [0.25, 0.3) is 0 Å². The summed E-state index contributed by atoms with van der Waals surface area (Å²) in [6, 6.07) is 2.12. The van der Waals surface area contributed by atoms with E-state index in [1.807, 2.05) is 7.05 Å². The second-order valence-electron chi connectivity index (χ2n) is 3.93. The van der Waals surface area contributed by atoms with Crippen LogP contribution in [0.2, 0.25) is 0 Å². The van der Waals surface area contributed by atoms with Crippen molar-refractivity contribution in [2.75, 3.05) is 30.8 Å². The highest BCUT2D eigenvalue weighted by Crippen LogP contribution is 2.19. The first-order chi connectivity index (χ1) is 7.72. The molecule has 0 aliphatic carbocycles. The molecule has 0 aromatic carbocycles. The predicted molar refractivity (Wildman–Crippen MR) is 60.9 cm³/mol. The molecule has 2 heterocycles. The van der Waals surface area contributed by atoms with E-state index in [2.05, 4.69) is 20.2 Å². The lowest BCUT2D eigenvalue weighted by Crippen LogP contribution is -2.30. The molecule has 0 saturated carbocycles. The molecule has 2 rings (SSSR count). The number of anilines is 2. The molecule has 0 radical (unpaired) electrons. The van der Waals surface area contributed by atoms with E-state index in [-0.39, 0.29) is 5.95 Å². The lowest BCUT2D eigenvalue weighted by molar-refractivity contribution is 0.476. The van der Waals surface area contributed by atoms with Crippen molar-refractivity contribution in [3.8, 4) is 0 Å². The molecular weight excluding hydrogens is 209 g/mol. The van der Waals surface area contributed by atoms with Gasteiger partial charge < -0.3 is 16.0 Å². The Bertz CT molecular complexity index is 370. The fraction of sp³-hybridized carbons (Fsp3) is 0.600. The van der Waals surface area contributed by atoms with Crippen molar-refractivity contribution in [3.63, 3.8) is 0 Å². The normalized spacial score (nSPS) is 20.4. The van der Waals surface area contributed by atoms with Crippen LogP contribution in [-0.2, 0) is 6.67 Å². The van der Waals surface area contributed by atoms with Crippen molar-refractivity contribution in [2.45, 2.75) is 19.1 Å². The number of nitrogens with one attached hydrogen (secondary N) is 1. The van der Waals surface area contributed by atoms with Gasteiger partial charge >= 0.3 is 0 Å². The summed E-state index contributed by atoms with van der Waals surface area (Å²) in [4.78, 5) is 10.0. The summed E-state index contributed by atoms with van der Waals surface area (Å²) >= 11 is 0. The molecule has 88 valence electrons. The smallest absolute Gasteiger partial charge is 0.222 e. The van der Waals surface area contributed by atoms with Crippen molar-refractivity contribution in [3.05, 3.63) is 11.8 Å². The van der Waals surface area contributed by atoms with Crippen molar-refractivity contribution >= 4 is 11.8 Å². The van der Waals surface area contributed by atoms with Crippen LogP contribution in [0, 0.1) is 0 Å². The van der Waals surface area contributed by atoms with Crippen LogP contribution in [-0.4, -0.2) is 36.1 Å². The summed E-state index contributed by atoms with van der Waals surface area (Å²) in [6.07, 6.45) is 1.06. The lowest BCUT2D eigenvalue weighted by Gasteiger charge is -2.17. The molecule has 0 spiro atoms. The van der Waals surface area contributed by atoms with Crippen LogP contribution in [0.3, 0.4) is 0 Å². The number of aromatic nitrogens is 2. The average Bonchev–Trinajstić information content (AvgIpc) is 2.76. The van der Waals surface area contributed by atoms with Gasteiger partial charge in [-0.3, -0.25) is 0 Å². The summed E-state index contributed by atoms with van der Waals surface area (Å²) in [5.74, 6) is 0.857. The van der Waals surface area contributed by atoms with E-state index in [1.54, 1.807) is 6.07 Å². The van der Waals surface area contributed by atoms with Gasteiger partial charge in [0.05, 0.1) is 5.69 Å². The molecule has 5 nitrogen and oxygen atoms in total. The van der Waals surface area contributed by atoms with Crippen LogP contribution < -0.4 is 16.0 Å². The number of nitrogen functional groups attached to an aromatic ring is 1. The van der Waals surface area contributed by atoms with Gasteiger partial charge in [0.25, 0.3) is 0 Å². The van der Waals surface area contributed by atoms with E-state index in [1.165, 1.54) is 0 Å². The number of alkyl halides is 1. The van der Waals surface area contributed by atoms with Crippen LogP contribution >= 0.6 is 0 Å². The molecule has 3 N–H and O–H groups in total. The van der Waals surface area contributed by atoms with E-state index < -0.39 is 6.67 Å². The molecule has 1 saturated heterocycles. The highest BCUT2D eigenvalue weighted by Gasteiger charge is 2.22. The Morgan fingerprint density at radius 3 is 3.06 bits per heavy atom. The third-order valence-electron chi connectivity index (χ3n) is 2.84. The van der Waals surface area contributed by atoms with Gasteiger partial charge in [-0.2, -0.15) is 4.98 Å². The first kappa shape index (κ1) is 11.1. The Morgan fingerprint density at radius 1 is 1.62 bits per heavy atom. The molecule has 1 aromatic rings. The van der Waals surface area contributed by atoms with Gasteiger partial charge in [-0.1, -0.05) is 0 Å². The van der Waals surface area contributed by atoms with E-state index in [9.17, 15) is 4.39 Å². The maximum absolute atomic E-state index is 12.5. The zero-order valence-corrected chi connectivity index (χ0v) is 9.28. The summed E-state index contributed by atoms with van der Waals surface area (Å²) in [7, 11) is 1.94. The standard InChI is InChI=1S/C10H16FN5/c1-13-7-2-3-16(6-7)9-4-8(5-11)14-10(12)15-9/h4,7,13H,2-3,5-6H2,1H3,(H2,12,14,15)/t7-/m1/s1. The number of rotatable bonds is 3. The molecule has 1 aliphatic rings. The maximum atomic E-state index is 12.5. The Kier molecular flexibility index (Phi) is 3.19. The van der Waals surface area contributed by atoms with Crippen LogP contribution in [0.15, 0.2) is 6.07 Å². The van der Waals surface area contributed by atoms with Crippen molar-refractivity contribution in [1.29, 1.82) is 0 Å². The monoisotopic (exact) mass is 225 g/mol. The number of likely N-dealkylation sites (N-methyl/N-ethyl adjacent to an activating group) is 1. The average molecular weight is 225 g/mol. The Balaban J connectivity index is 2.17. The van der Waals surface area contributed by atoms with Gasteiger partial charge in [-0.25, -0.2) is 9.37 Å². The van der Waals surface area contributed by atoms with Gasteiger partial charge in [0.2, 0.25) is 5.95 Å². The van der Waals surface area contributed by atoms with Crippen molar-refractivity contribution in [1.82, 2.24) is 15.3 Å². The van der Waals surface area contributed by atoms with Crippen LogP contribution in [0.1, 0.15) is 12.1 Å². The third-order valence-corrected chi connectivity index (χ3v) is 2.84. The Labute approximate surface area is 93.9 Å². The topological polar surface area (TPSA) is 67.1 Å². The Hall–Kier alpha value is -1.43. The van der Waals surface area contributed by atoms with Gasteiger partial charge in [-0.15, -0.1) is 0 Å². The van der Waals surface area contributed by atoms with Crippen molar-refractivity contribution < 1.29 is 4.39 Å². The lowest BCUT2D eigenvalue weighted by atomic mass is 10.3. The first-order valence-corrected chi connectivity index (χ1v) is 5.34. The number of nitrogens with two attached hydrogens (primary N) is 1. The molecule has 16 heavy (non-hydrogen) atoms. The van der Waals surface area contributed by atoms with Crippen LogP contribution in [0.5, 0.6) is 0 Å². The number of nitrogens with zero attached hydrogens (tertiary/aromatic N) is 3. The predicted octanol–water partition coefficient (Wildman–Crippen LogP) is 0.326. The molecule has 0 unspecified atom stereocenters. The van der Waals surface area contributed by atoms with Crippen molar-refractivity contribution in [2.24, 2.45) is 0 Å². The molecule has 1 aromatic heterocycles. The summed E-state index contributed by atoms with van der Waals surface area (Å²) < 4.78 is 12.5. The molecule has 6 heteroatoms. The second-order valence-corrected chi connectivity index (χ2v) is 3.93. The fourth-order valence-electron chi connectivity index (χ4n) is 1.94. The zero-order chi connectivity index (χ0) is 11.5. The maximum Gasteiger partial charge on any atom is 0.222 e. The van der Waals surface area contributed by atoms with E-state index in [4.69, 9.17) is 5.73 Å². The van der Waals surface area contributed by atoms with Gasteiger partial charge in [0.15, 0.2) is 0 Å². The molecule has 1 aliphatic heterocycles. The third kappa shape index (κ3) is 2.21. The fourth-order valence-corrected chi connectivity index (χ4v) is 1.94. The van der Waals surface area contributed by atoms with E-state index in [0.29, 0.717) is 11.7 Å². The minimum Gasteiger partial charge on any atom is -0.368 e. The number of halogens is 1. The summed E-state index contributed by atoms with van der Waals surface area (Å²) in [5.41, 5.74) is 5.88. The zero-order valence-electron chi connectivity index (χ0n) is 9.28. The SMILES string of the molecule is CN[C@@H]1CCN(c2cc(CF)nc(N)n2)C1. The Morgan fingerprint density at radius 2 is 2.44 bits per heavy atom. The number of hydrogen-bond acceptors (Lipinski definition) is 5. The second kappa shape index (κ2) is 4.61. The largest absolute Gasteiger partial charge is 0.368 e. The summed E-state index contributed by atoms with van der Waals surface area (Å²) in [6.45, 7) is 1.18. The molecule has 1 atom stereocenters. The van der Waals surface area contributed by atoms with Crippen LogP contribution in [0.4, 0.5) is 16.2 Å². The van der Waals surface area contributed by atoms with E-state index in [0.717, 1.165) is 25.3 Å². The minimum absolute atomic E-state index is 0.137. The quantitative estimate of drug-likeness (QED) is 0.775. The molecule has 0 amide bonds. The molecule has 0 bridgehead atoms. The molecule has 1 fully saturated rings.